The van der Waals surface area contributed by atoms with Gasteiger partial charge in [0.15, 0.2) is 0 Å². The van der Waals surface area contributed by atoms with Gasteiger partial charge in [-0.1, -0.05) is 6.07 Å². The molecule has 0 spiro atoms. The predicted octanol–water partition coefficient (Wildman–Crippen LogP) is 2.55. The first kappa shape index (κ1) is 12.9. The topological polar surface area (TPSA) is 17.1 Å². The molecule has 0 aliphatic carbocycles. The van der Waals surface area contributed by atoms with Gasteiger partial charge in [0, 0.05) is 0 Å². The third kappa shape index (κ3) is 5.55. The van der Waals surface area contributed by atoms with Gasteiger partial charge in [0.05, 0.1) is 6.29 Å². The van der Waals surface area contributed by atoms with E-state index in [4.69, 9.17) is 0 Å². The molecule has 2 rings (SSSR count). The zero-order valence-electron chi connectivity index (χ0n) is 7.59. The van der Waals surface area contributed by atoms with Crippen LogP contribution < -0.4 is 0 Å². The standard InChI is InChI=1S/C7H5O.C5H5.W/c8-6-7-4-2-1-3-5-7;1-2-4-5-3-1;/h1-5H;1-5H;/q2*-1;+2. The number of benzene rings is 1. The van der Waals surface area contributed by atoms with Crippen molar-refractivity contribution in [3.05, 3.63) is 66.2 Å². The number of carbonyl (C=O) groups excluding carboxylic acids is 1. The van der Waals surface area contributed by atoms with E-state index in [1.54, 1.807) is 30.6 Å². The van der Waals surface area contributed by atoms with Gasteiger partial charge in [-0.15, -0.1) is 12.1 Å². The van der Waals surface area contributed by atoms with E-state index in [1.165, 1.54) is 0 Å². The summed E-state index contributed by atoms with van der Waals surface area (Å²) in [6.07, 6.45) is 1.78. The molecule has 0 fully saturated rings. The summed E-state index contributed by atoms with van der Waals surface area (Å²) in [5, 5.41) is 0. The van der Waals surface area contributed by atoms with Crippen molar-refractivity contribution in [2.75, 3.05) is 0 Å². The molecule has 0 atom stereocenters. The van der Waals surface area contributed by atoms with Gasteiger partial charge in [0.2, 0.25) is 0 Å². The third-order valence-electron chi connectivity index (χ3n) is 1.45. The summed E-state index contributed by atoms with van der Waals surface area (Å²) in [7, 11) is 0. The van der Waals surface area contributed by atoms with Crippen LogP contribution in [0.25, 0.3) is 0 Å². The summed E-state index contributed by atoms with van der Waals surface area (Å²) in [6, 6.07) is 18.9. The summed E-state index contributed by atoms with van der Waals surface area (Å²) in [4.78, 5) is 9.88. The maximum Gasteiger partial charge on any atom is 2.00 e. The molecule has 0 unspecified atom stereocenters. The molecule has 14 heavy (non-hydrogen) atoms. The van der Waals surface area contributed by atoms with E-state index in [1.807, 2.05) is 36.4 Å². The van der Waals surface area contributed by atoms with E-state index in [0.29, 0.717) is 5.56 Å². The van der Waals surface area contributed by atoms with Crippen LogP contribution in [-0.4, -0.2) is 6.29 Å². The third-order valence-corrected chi connectivity index (χ3v) is 1.45. The molecule has 0 heterocycles. The van der Waals surface area contributed by atoms with Crippen molar-refractivity contribution >= 4 is 6.29 Å². The zero-order valence-corrected chi connectivity index (χ0v) is 10.5. The molecule has 0 radical (unpaired) electrons. The molecule has 2 aromatic rings. The zero-order chi connectivity index (χ0) is 9.36. The predicted molar refractivity (Wildman–Crippen MR) is 53.3 cm³/mol. The molecule has 0 saturated carbocycles. The minimum absolute atomic E-state index is 0. The molecule has 70 valence electrons. The minimum atomic E-state index is 0. The van der Waals surface area contributed by atoms with Crippen LogP contribution in [0.5, 0.6) is 0 Å². The average Bonchev–Trinajstić information content (AvgIpc) is 2.77. The van der Waals surface area contributed by atoms with Crippen molar-refractivity contribution in [3.8, 4) is 0 Å². The van der Waals surface area contributed by atoms with Crippen molar-refractivity contribution in [3.63, 3.8) is 0 Å². The normalized spacial score (nSPS) is 7.71. The quantitative estimate of drug-likeness (QED) is 0.720. The van der Waals surface area contributed by atoms with Gasteiger partial charge in [-0.25, -0.2) is 12.1 Å². The molecule has 0 aromatic heterocycles. The Labute approximate surface area is 98.4 Å². The van der Waals surface area contributed by atoms with Crippen LogP contribution in [0, 0.1) is 0 Å². The minimum Gasteiger partial charge on any atom is -0.376 e. The van der Waals surface area contributed by atoms with Crippen LogP contribution in [-0.2, 0) is 25.9 Å². The molecule has 0 amide bonds. The van der Waals surface area contributed by atoms with Crippen LogP contribution in [0.2, 0.25) is 0 Å². The van der Waals surface area contributed by atoms with Gasteiger partial charge in [0.1, 0.15) is 0 Å². The van der Waals surface area contributed by atoms with Gasteiger partial charge in [-0.05, 0) is 0 Å². The van der Waals surface area contributed by atoms with Crippen LogP contribution in [0.1, 0.15) is 5.56 Å². The van der Waals surface area contributed by atoms with Crippen LogP contribution in [0.4, 0.5) is 0 Å². The second kappa shape index (κ2) is 8.52. The van der Waals surface area contributed by atoms with Crippen molar-refractivity contribution < 1.29 is 25.9 Å². The van der Waals surface area contributed by atoms with Gasteiger partial charge < -0.3 is 4.79 Å². The summed E-state index contributed by atoms with van der Waals surface area (Å²) < 4.78 is 0. The van der Waals surface area contributed by atoms with Crippen LogP contribution in [0.3, 0.4) is 0 Å². The monoisotopic (exact) mass is 354 g/mol. The molecule has 0 saturated heterocycles. The molecule has 0 bridgehead atoms. The Morgan fingerprint density at radius 2 is 1.50 bits per heavy atom. The summed E-state index contributed by atoms with van der Waals surface area (Å²) in [5.41, 5.74) is 0.604. The van der Waals surface area contributed by atoms with Crippen molar-refractivity contribution in [1.82, 2.24) is 0 Å². The molecule has 2 aromatic carbocycles. The Balaban J connectivity index is 0.000000246. The van der Waals surface area contributed by atoms with E-state index >= 15 is 0 Å². The SMILES string of the molecule is O=[C-]c1ccccc1.[W+2].c1cc[cH-]c1. The summed E-state index contributed by atoms with van der Waals surface area (Å²) in [6.45, 7) is 0. The Kier molecular flexibility index (Phi) is 7.87. The van der Waals surface area contributed by atoms with Gasteiger partial charge in [-0.3, -0.25) is 0 Å². The molecule has 1 nitrogen and oxygen atoms in total. The molecular formula is C12H10OW. The van der Waals surface area contributed by atoms with Gasteiger partial charge >= 0.3 is 21.1 Å². The Bertz CT molecular complexity index is 296. The number of hydrogen-bond donors (Lipinski definition) is 0. The fourth-order valence-corrected chi connectivity index (χ4v) is 0.827. The fraction of sp³-hybridized carbons (Fsp3) is 0. The summed E-state index contributed by atoms with van der Waals surface area (Å²) >= 11 is 0. The molecule has 0 N–H and O–H groups in total. The Morgan fingerprint density at radius 3 is 1.79 bits per heavy atom. The van der Waals surface area contributed by atoms with E-state index < -0.39 is 0 Å². The van der Waals surface area contributed by atoms with Crippen molar-refractivity contribution in [2.45, 2.75) is 0 Å². The van der Waals surface area contributed by atoms with Crippen LogP contribution >= 0.6 is 0 Å². The number of rotatable bonds is 1. The Hall–Kier alpha value is -1.07. The van der Waals surface area contributed by atoms with E-state index in [9.17, 15) is 4.79 Å². The van der Waals surface area contributed by atoms with E-state index in [2.05, 4.69) is 0 Å². The van der Waals surface area contributed by atoms with E-state index in [-0.39, 0.29) is 21.1 Å². The smallest absolute Gasteiger partial charge is 0.376 e. The molecule has 2 heteroatoms. The molecular weight excluding hydrogens is 344 g/mol. The largest absolute Gasteiger partial charge is 2.00 e. The second-order valence-corrected chi connectivity index (χ2v) is 2.43. The maximum atomic E-state index is 9.88. The first-order valence-corrected chi connectivity index (χ1v) is 4.03. The van der Waals surface area contributed by atoms with Crippen molar-refractivity contribution in [2.24, 2.45) is 0 Å². The number of hydrogen-bond acceptors (Lipinski definition) is 1. The van der Waals surface area contributed by atoms with Crippen LogP contribution in [0.15, 0.2) is 60.7 Å². The van der Waals surface area contributed by atoms with E-state index in [0.717, 1.165) is 0 Å². The molecule has 0 aliphatic rings. The maximum absolute atomic E-state index is 9.88. The molecule has 0 aliphatic heterocycles. The van der Waals surface area contributed by atoms with Crippen molar-refractivity contribution in [1.29, 1.82) is 0 Å². The average molecular weight is 354 g/mol. The van der Waals surface area contributed by atoms with Gasteiger partial charge in [0.25, 0.3) is 0 Å². The van der Waals surface area contributed by atoms with Gasteiger partial charge in [-0.2, -0.15) is 35.9 Å². The first-order chi connectivity index (χ1) is 6.43. The second-order valence-electron chi connectivity index (χ2n) is 2.43. The summed E-state index contributed by atoms with van der Waals surface area (Å²) in [5.74, 6) is 0. The fourth-order valence-electron chi connectivity index (χ4n) is 0.827. The Morgan fingerprint density at radius 1 is 0.929 bits per heavy atom. The first-order valence-electron chi connectivity index (χ1n) is 4.03.